The summed E-state index contributed by atoms with van der Waals surface area (Å²) in [5.74, 6) is -1.16. The van der Waals surface area contributed by atoms with Crippen molar-refractivity contribution >= 4 is 11.9 Å². The smallest absolute Gasteiger partial charge is 0.335 e. The lowest BCUT2D eigenvalue weighted by molar-refractivity contribution is 0.0679. The average molecular weight is 278 g/mol. The molecule has 0 aliphatic heterocycles. The highest BCUT2D eigenvalue weighted by atomic mass is 16.4. The molecule has 20 heavy (non-hydrogen) atoms. The molecular weight excluding hydrogens is 256 g/mol. The number of hydrogen-bond acceptors (Lipinski definition) is 3. The number of carboxylic acid groups (broad SMARTS) is 1. The van der Waals surface area contributed by atoms with E-state index in [2.05, 4.69) is 0 Å². The predicted octanol–water partition coefficient (Wildman–Crippen LogP) is 1.80. The maximum atomic E-state index is 12.5. The Morgan fingerprint density at radius 3 is 2.35 bits per heavy atom. The molecule has 0 spiro atoms. The minimum atomic E-state index is -1.02. The Morgan fingerprint density at radius 1 is 1.25 bits per heavy atom. The van der Waals surface area contributed by atoms with Crippen LogP contribution in [0.1, 0.15) is 34.6 Å². The second-order valence-electron chi connectivity index (χ2n) is 5.09. The summed E-state index contributed by atoms with van der Waals surface area (Å²) in [7, 11) is 3.92. The van der Waals surface area contributed by atoms with Gasteiger partial charge in [0.25, 0.3) is 5.91 Å². The lowest BCUT2D eigenvalue weighted by Gasteiger charge is -2.30. The number of nitrogens with zero attached hydrogens (tertiary/aromatic N) is 2. The molecule has 1 aromatic rings. The SMILES string of the molecule is CCN(C(=O)c1cccc(C(=O)O)c1)C(C)CN(C)C. The van der Waals surface area contributed by atoms with Gasteiger partial charge in [-0.15, -0.1) is 0 Å². The molecule has 5 heteroatoms. The van der Waals surface area contributed by atoms with E-state index < -0.39 is 5.97 Å². The topological polar surface area (TPSA) is 60.9 Å². The number of carboxylic acids is 1. The first-order valence-corrected chi connectivity index (χ1v) is 6.65. The van der Waals surface area contributed by atoms with Crippen molar-refractivity contribution < 1.29 is 14.7 Å². The van der Waals surface area contributed by atoms with Gasteiger partial charge in [-0.25, -0.2) is 4.79 Å². The van der Waals surface area contributed by atoms with Gasteiger partial charge in [0, 0.05) is 24.7 Å². The summed E-state index contributed by atoms with van der Waals surface area (Å²) >= 11 is 0. The van der Waals surface area contributed by atoms with E-state index in [1.54, 1.807) is 17.0 Å². The van der Waals surface area contributed by atoms with Crippen LogP contribution < -0.4 is 0 Å². The van der Waals surface area contributed by atoms with Gasteiger partial charge in [0.15, 0.2) is 0 Å². The monoisotopic (exact) mass is 278 g/mol. The zero-order chi connectivity index (χ0) is 15.3. The third-order valence-electron chi connectivity index (χ3n) is 3.12. The summed E-state index contributed by atoms with van der Waals surface area (Å²) in [4.78, 5) is 27.2. The summed E-state index contributed by atoms with van der Waals surface area (Å²) in [6.45, 7) is 5.26. The molecule has 1 rings (SSSR count). The number of benzene rings is 1. The van der Waals surface area contributed by atoms with Gasteiger partial charge in [-0.05, 0) is 46.1 Å². The fraction of sp³-hybridized carbons (Fsp3) is 0.467. The van der Waals surface area contributed by atoms with Gasteiger partial charge < -0.3 is 14.9 Å². The molecule has 0 aliphatic carbocycles. The van der Waals surface area contributed by atoms with Crippen LogP contribution in [-0.4, -0.2) is 60.0 Å². The molecule has 0 saturated heterocycles. The van der Waals surface area contributed by atoms with Gasteiger partial charge in [0.2, 0.25) is 0 Å². The van der Waals surface area contributed by atoms with Crippen LogP contribution in [0.15, 0.2) is 24.3 Å². The maximum absolute atomic E-state index is 12.5. The summed E-state index contributed by atoms with van der Waals surface area (Å²) in [6, 6.07) is 6.23. The van der Waals surface area contributed by atoms with E-state index in [1.807, 2.05) is 32.8 Å². The van der Waals surface area contributed by atoms with Crippen LogP contribution in [-0.2, 0) is 0 Å². The molecule has 1 amide bonds. The Bertz CT molecular complexity index is 486. The van der Waals surface area contributed by atoms with Crippen molar-refractivity contribution in [1.29, 1.82) is 0 Å². The number of rotatable bonds is 6. The molecule has 1 atom stereocenters. The van der Waals surface area contributed by atoms with Crippen molar-refractivity contribution in [3.05, 3.63) is 35.4 Å². The molecule has 0 heterocycles. The zero-order valence-corrected chi connectivity index (χ0v) is 12.5. The van der Waals surface area contributed by atoms with Crippen molar-refractivity contribution in [3.63, 3.8) is 0 Å². The number of carbonyl (C=O) groups is 2. The van der Waals surface area contributed by atoms with Crippen molar-refractivity contribution in [2.24, 2.45) is 0 Å². The lowest BCUT2D eigenvalue weighted by Crippen LogP contribution is -2.43. The van der Waals surface area contributed by atoms with Crippen molar-refractivity contribution in [2.45, 2.75) is 19.9 Å². The summed E-state index contributed by atoms with van der Waals surface area (Å²) in [6.07, 6.45) is 0. The fourth-order valence-electron chi connectivity index (χ4n) is 2.23. The molecule has 0 bridgehead atoms. The number of likely N-dealkylation sites (N-methyl/N-ethyl adjacent to an activating group) is 2. The number of hydrogen-bond donors (Lipinski definition) is 1. The van der Waals surface area contributed by atoms with E-state index in [-0.39, 0.29) is 17.5 Å². The Hall–Kier alpha value is -1.88. The minimum absolute atomic E-state index is 0.0657. The van der Waals surface area contributed by atoms with E-state index in [1.165, 1.54) is 12.1 Å². The van der Waals surface area contributed by atoms with Gasteiger partial charge in [-0.2, -0.15) is 0 Å². The fourth-order valence-corrected chi connectivity index (χ4v) is 2.23. The zero-order valence-electron chi connectivity index (χ0n) is 12.5. The second-order valence-corrected chi connectivity index (χ2v) is 5.09. The van der Waals surface area contributed by atoms with Crippen molar-refractivity contribution in [2.75, 3.05) is 27.2 Å². The predicted molar refractivity (Wildman–Crippen MR) is 78.1 cm³/mol. The highest BCUT2D eigenvalue weighted by Crippen LogP contribution is 2.11. The van der Waals surface area contributed by atoms with E-state index in [4.69, 9.17) is 5.11 Å². The van der Waals surface area contributed by atoms with E-state index in [0.717, 1.165) is 6.54 Å². The lowest BCUT2D eigenvalue weighted by atomic mass is 10.1. The van der Waals surface area contributed by atoms with Crippen molar-refractivity contribution in [3.8, 4) is 0 Å². The summed E-state index contributed by atoms with van der Waals surface area (Å²) in [5.41, 5.74) is 0.546. The van der Waals surface area contributed by atoms with Crippen LogP contribution in [0, 0.1) is 0 Å². The molecule has 1 aromatic carbocycles. The number of carbonyl (C=O) groups excluding carboxylic acids is 1. The van der Waals surface area contributed by atoms with Gasteiger partial charge in [-0.1, -0.05) is 6.07 Å². The molecule has 5 nitrogen and oxygen atoms in total. The maximum Gasteiger partial charge on any atom is 0.335 e. The molecule has 0 aliphatic rings. The van der Waals surface area contributed by atoms with Crippen LogP contribution >= 0.6 is 0 Å². The van der Waals surface area contributed by atoms with Gasteiger partial charge >= 0.3 is 5.97 Å². The molecule has 110 valence electrons. The molecule has 1 N–H and O–H groups in total. The number of aromatic carboxylic acids is 1. The van der Waals surface area contributed by atoms with Crippen LogP contribution in [0.25, 0.3) is 0 Å². The molecule has 0 fully saturated rings. The molecule has 0 saturated carbocycles. The quantitative estimate of drug-likeness (QED) is 0.862. The summed E-state index contributed by atoms with van der Waals surface area (Å²) in [5, 5.41) is 8.98. The normalized spacial score (nSPS) is 12.2. The minimum Gasteiger partial charge on any atom is -0.478 e. The van der Waals surface area contributed by atoms with E-state index in [9.17, 15) is 9.59 Å². The highest BCUT2D eigenvalue weighted by Gasteiger charge is 2.21. The Labute approximate surface area is 119 Å². The van der Waals surface area contributed by atoms with Crippen LogP contribution in [0.3, 0.4) is 0 Å². The molecule has 0 aromatic heterocycles. The van der Waals surface area contributed by atoms with Crippen LogP contribution in [0.4, 0.5) is 0 Å². The van der Waals surface area contributed by atoms with Gasteiger partial charge in [0.1, 0.15) is 0 Å². The van der Waals surface area contributed by atoms with Crippen LogP contribution in [0.2, 0.25) is 0 Å². The Kier molecular flexibility index (Phi) is 5.70. The second kappa shape index (κ2) is 7.05. The Morgan fingerprint density at radius 2 is 1.85 bits per heavy atom. The number of amides is 1. The van der Waals surface area contributed by atoms with Gasteiger partial charge in [0.05, 0.1) is 5.56 Å². The highest BCUT2D eigenvalue weighted by molar-refractivity contribution is 5.97. The molecular formula is C15H22N2O3. The average Bonchev–Trinajstić information content (AvgIpc) is 2.38. The summed E-state index contributed by atoms with van der Waals surface area (Å²) < 4.78 is 0. The first-order chi connectivity index (χ1) is 9.36. The largest absolute Gasteiger partial charge is 0.478 e. The van der Waals surface area contributed by atoms with Crippen molar-refractivity contribution in [1.82, 2.24) is 9.80 Å². The van der Waals surface area contributed by atoms with Gasteiger partial charge in [-0.3, -0.25) is 4.79 Å². The van der Waals surface area contributed by atoms with Crippen LogP contribution in [0.5, 0.6) is 0 Å². The Balaban J connectivity index is 2.96. The first kappa shape index (κ1) is 16.2. The third-order valence-corrected chi connectivity index (χ3v) is 3.12. The first-order valence-electron chi connectivity index (χ1n) is 6.65. The van der Waals surface area contributed by atoms with E-state index in [0.29, 0.717) is 12.1 Å². The molecule has 0 radical (unpaired) electrons. The molecule has 1 unspecified atom stereocenters. The van der Waals surface area contributed by atoms with E-state index >= 15 is 0 Å². The standard InChI is InChI=1S/C15H22N2O3/c1-5-17(11(2)10-16(3)4)14(18)12-7-6-8-13(9-12)15(19)20/h6-9,11H,5,10H2,1-4H3,(H,19,20). The third kappa shape index (κ3) is 4.06.